The average molecular weight is 513 g/mol. The van der Waals surface area contributed by atoms with E-state index in [9.17, 15) is 0 Å². The van der Waals surface area contributed by atoms with Crippen LogP contribution in [-0.2, 0) is 30.5 Å². The van der Waals surface area contributed by atoms with E-state index in [1.54, 1.807) is 0 Å². The third kappa shape index (κ3) is 5.37. The van der Waals surface area contributed by atoms with Gasteiger partial charge in [0.05, 0.1) is 12.2 Å². The predicted octanol–water partition coefficient (Wildman–Crippen LogP) is 6.70. The summed E-state index contributed by atoms with van der Waals surface area (Å²) in [6.45, 7) is 14.2. The molecule has 2 aromatic carbocycles. The van der Waals surface area contributed by atoms with Crippen molar-refractivity contribution in [3.05, 3.63) is 76.0 Å². The number of morpholine rings is 1. The Bertz CT molecular complexity index is 1260. The lowest BCUT2D eigenvalue weighted by molar-refractivity contribution is -0.0279. The fraction of sp³-hybridized carbons (Fsp3) is 0.515. The van der Waals surface area contributed by atoms with Crippen LogP contribution < -0.4 is 4.90 Å². The van der Waals surface area contributed by atoms with E-state index in [1.807, 2.05) is 0 Å². The van der Waals surface area contributed by atoms with Crippen LogP contribution in [0, 0.1) is 6.92 Å². The highest BCUT2D eigenvalue weighted by molar-refractivity contribution is 5.68. The maximum atomic E-state index is 6.09. The number of anilines is 1. The molecule has 1 aliphatic heterocycles. The maximum Gasteiger partial charge on any atom is 0.162 e. The number of ether oxygens (including phenoxy) is 1. The highest BCUT2D eigenvalue weighted by Gasteiger charge is 2.32. The van der Waals surface area contributed by atoms with Gasteiger partial charge in [-0.1, -0.05) is 56.3 Å². The van der Waals surface area contributed by atoms with E-state index in [1.165, 1.54) is 52.6 Å². The highest BCUT2D eigenvalue weighted by Crippen LogP contribution is 2.37. The van der Waals surface area contributed by atoms with Crippen LogP contribution in [0.25, 0.3) is 11.4 Å². The Balaban J connectivity index is 1.59. The van der Waals surface area contributed by atoms with Crippen molar-refractivity contribution in [3.63, 3.8) is 0 Å². The molecule has 3 aromatic rings. The van der Waals surface area contributed by atoms with Gasteiger partial charge in [0.15, 0.2) is 5.82 Å². The molecule has 202 valence electrons. The van der Waals surface area contributed by atoms with Gasteiger partial charge in [0, 0.05) is 42.5 Å². The normalized spacial score (nSPS) is 19.0. The number of rotatable bonds is 7. The Morgan fingerprint density at radius 1 is 1.03 bits per heavy atom. The first-order chi connectivity index (χ1) is 18.3. The van der Waals surface area contributed by atoms with Crippen molar-refractivity contribution in [2.24, 2.45) is 0 Å². The molecule has 0 spiro atoms. The second-order valence-corrected chi connectivity index (χ2v) is 11.6. The van der Waals surface area contributed by atoms with Gasteiger partial charge in [0.2, 0.25) is 0 Å². The van der Waals surface area contributed by atoms with Gasteiger partial charge in [0.1, 0.15) is 5.82 Å². The zero-order valence-corrected chi connectivity index (χ0v) is 24.2. The van der Waals surface area contributed by atoms with Crippen LogP contribution >= 0.6 is 0 Å². The standard InChI is InChI=1S/C33H44N4O/c1-7-24-14-11-15-25(8-2)30(24)31-34-23(3)28(32(35-31)37-19-20-38-33(4,5)22-37)21-36(6)29-18-12-16-26-13-9-10-17-27(26)29/h9-11,13-15,17,29H,7-8,12,16,18-22H2,1-6H3. The fourth-order valence-electron chi connectivity index (χ4n) is 6.41. The number of fused-ring (bicyclic) bond motifs is 1. The minimum absolute atomic E-state index is 0.210. The van der Waals surface area contributed by atoms with E-state index in [2.05, 4.69) is 93.9 Å². The molecule has 1 fully saturated rings. The van der Waals surface area contributed by atoms with Gasteiger partial charge in [0.25, 0.3) is 0 Å². The summed E-state index contributed by atoms with van der Waals surface area (Å²) in [4.78, 5) is 15.6. The molecule has 38 heavy (non-hydrogen) atoms. The number of hydrogen-bond acceptors (Lipinski definition) is 5. The van der Waals surface area contributed by atoms with E-state index < -0.39 is 0 Å². The molecule has 5 nitrogen and oxygen atoms in total. The van der Waals surface area contributed by atoms with Gasteiger partial charge in [-0.2, -0.15) is 0 Å². The summed E-state index contributed by atoms with van der Waals surface area (Å²) in [7, 11) is 2.27. The quantitative estimate of drug-likeness (QED) is 0.352. The summed E-state index contributed by atoms with van der Waals surface area (Å²) >= 11 is 0. The van der Waals surface area contributed by atoms with Gasteiger partial charge in [-0.3, -0.25) is 4.90 Å². The molecular weight excluding hydrogens is 468 g/mol. The number of benzene rings is 2. The summed E-state index contributed by atoms with van der Waals surface area (Å²) in [5.74, 6) is 1.94. The first kappa shape index (κ1) is 26.8. The second kappa shape index (κ2) is 11.2. The molecule has 0 saturated carbocycles. The number of nitrogens with zero attached hydrogens (tertiary/aromatic N) is 4. The molecule has 2 aliphatic rings. The van der Waals surface area contributed by atoms with Crippen LogP contribution in [0.4, 0.5) is 5.82 Å². The number of aromatic nitrogens is 2. The zero-order valence-electron chi connectivity index (χ0n) is 24.2. The van der Waals surface area contributed by atoms with Crippen LogP contribution in [-0.4, -0.2) is 47.2 Å². The van der Waals surface area contributed by atoms with E-state index >= 15 is 0 Å². The van der Waals surface area contributed by atoms with Crippen LogP contribution in [0.15, 0.2) is 42.5 Å². The van der Waals surface area contributed by atoms with Crippen molar-refractivity contribution in [1.82, 2.24) is 14.9 Å². The SMILES string of the molecule is CCc1cccc(CC)c1-c1nc(C)c(CN(C)C2CCCc3ccccc32)c(N2CCOC(C)(C)C2)n1. The molecule has 0 radical (unpaired) electrons. The Morgan fingerprint density at radius 3 is 2.47 bits per heavy atom. The van der Waals surface area contributed by atoms with E-state index in [4.69, 9.17) is 14.7 Å². The first-order valence-corrected chi connectivity index (χ1v) is 14.5. The number of hydrogen-bond donors (Lipinski definition) is 0. The largest absolute Gasteiger partial charge is 0.372 e. The van der Waals surface area contributed by atoms with Gasteiger partial charge in [-0.25, -0.2) is 9.97 Å². The minimum atomic E-state index is -0.210. The lowest BCUT2D eigenvalue weighted by Gasteiger charge is -2.40. The highest BCUT2D eigenvalue weighted by atomic mass is 16.5. The van der Waals surface area contributed by atoms with Gasteiger partial charge < -0.3 is 9.64 Å². The van der Waals surface area contributed by atoms with Crippen molar-refractivity contribution in [1.29, 1.82) is 0 Å². The summed E-state index contributed by atoms with van der Waals surface area (Å²) < 4.78 is 6.09. The molecule has 0 amide bonds. The van der Waals surface area contributed by atoms with Crippen molar-refractivity contribution in [2.75, 3.05) is 31.6 Å². The molecule has 0 N–H and O–H groups in total. The molecule has 1 aliphatic carbocycles. The average Bonchev–Trinajstić information content (AvgIpc) is 2.92. The zero-order chi connectivity index (χ0) is 26.9. The van der Waals surface area contributed by atoms with Crippen molar-refractivity contribution < 1.29 is 4.74 Å². The second-order valence-electron chi connectivity index (χ2n) is 11.6. The molecule has 1 unspecified atom stereocenters. The third-order valence-corrected chi connectivity index (χ3v) is 8.42. The number of aryl methyl sites for hydroxylation is 4. The topological polar surface area (TPSA) is 41.5 Å². The van der Waals surface area contributed by atoms with Crippen molar-refractivity contribution in [3.8, 4) is 11.4 Å². The van der Waals surface area contributed by atoms with E-state index in [0.717, 1.165) is 49.8 Å². The van der Waals surface area contributed by atoms with Gasteiger partial charge in [-0.15, -0.1) is 0 Å². The summed E-state index contributed by atoms with van der Waals surface area (Å²) in [6.07, 6.45) is 5.55. The Hall–Kier alpha value is -2.76. The Morgan fingerprint density at radius 2 is 1.76 bits per heavy atom. The molecule has 1 atom stereocenters. The summed E-state index contributed by atoms with van der Waals surface area (Å²) in [5, 5.41) is 0. The maximum absolute atomic E-state index is 6.09. The minimum Gasteiger partial charge on any atom is -0.372 e. The fourth-order valence-corrected chi connectivity index (χ4v) is 6.41. The molecular formula is C33H44N4O. The summed E-state index contributed by atoms with van der Waals surface area (Å²) in [6, 6.07) is 16.0. The monoisotopic (exact) mass is 512 g/mol. The van der Waals surface area contributed by atoms with Crippen molar-refractivity contribution >= 4 is 5.82 Å². The molecule has 5 heteroatoms. The van der Waals surface area contributed by atoms with Crippen LogP contribution in [0.1, 0.15) is 80.1 Å². The predicted molar refractivity (Wildman–Crippen MR) is 157 cm³/mol. The van der Waals surface area contributed by atoms with Gasteiger partial charge >= 0.3 is 0 Å². The molecule has 1 aromatic heterocycles. The lowest BCUT2D eigenvalue weighted by atomic mass is 9.87. The Labute approximate surface area is 229 Å². The van der Waals surface area contributed by atoms with E-state index in [0.29, 0.717) is 12.6 Å². The molecule has 5 rings (SSSR count). The Kier molecular flexibility index (Phi) is 7.88. The van der Waals surface area contributed by atoms with E-state index in [-0.39, 0.29) is 5.60 Å². The van der Waals surface area contributed by atoms with Crippen LogP contribution in [0.3, 0.4) is 0 Å². The van der Waals surface area contributed by atoms with Crippen LogP contribution in [0.5, 0.6) is 0 Å². The summed E-state index contributed by atoms with van der Waals surface area (Å²) in [5.41, 5.74) is 8.95. The molecule has 0 bridgehead atoms. The van der Waals surface area contributed by atoms with Crippen molar-refractivity contribution in [2.45, 2.75) is 84.9 Å². The molecule has 1 saturated heterocycles. The first-order valence-electron chi connectivity index (χ1n) is 14.5. The third-order valence-electron chi connectivity index (χ3n) is 8.42. The smallest absolute Gasteiger partial charge is 0.162 e. The lowest BCUT2D eigenvalue weighted by Crippen LogP contribution is -2.49. The molecule has 2 heterocycles. The van der Waals surface area contributed by atoms with Gasteiger partial charge in [-0.05, 0) is 82.2 Å². The van der Waals surface area contributed by atoms with Crippen LogP contribution in [0.2, 0.25) is 0 Å².